The molecule has 0 aliphatic heterocycles. The van der Waals surface area contributed by atoms with Crippen LogP contribution in [0.1, 0.15) is 24.8 Å². The van der Waals surface area contributed by atoms with Crippen LogP contribution >= 0.6 is 11.6 Å². The van der Waals surface area contributed by atoms with Crippen LogP contribution in [-0.4, -0.2) is 16.7 Å². The molecule has 0 saturated heterocycles. The van der Waals surface area contributed by atoms with E-state index >= 15 is 0 Å². The van der Waals surface area contributed by atoms with Crippen molar-refractivity contribution in [2.45, 2.75) is 19.3 Å². The molecule has 66 valence electrons. The smallest absolute Gasteiger partial charge is 0.129 e. The zero-order valence-electron chi connectivity index (χ0n) is 7.00. The van der Waals surface area contributed by atoms with Crippen molar-refractivity contribution < 1.29 is 5.11 Å². The fourth-order valence-corrected chi connectivity index (χ4v) is 1.21. The van der Waals surface area contributed by atoms with Crippen LogP contribution in [0.5, 0.6) is 0 Å². The van der Waals surface area contributed by atoms with Gasteiger partial charge in [0.05, 0.1) is 0 Å². The van der Waals surface area contributed by atoms with Gasteiger partial charge in [0.25, 0.3) is 0 Å². The van der Waals surface area contributed by atoms with Crippen LogP contribution in [0.15, 0.2) is 18.3 Å². The van der Waals surface area contributed by atoms with E-state index < -0.39 is 0 Å². The Labute approximate surface area is 77.2 Å². The second kappa shape index (κ2) is 4.43. The molecule has 0 aromatic carbocycles. The van der Waals surface area contributed by atoms with Gasteiger partial charge in [0.15, 0.2) is 0 Å². The summed E-state index contributed by atoms with van der Waals surface area (Å²) in [5, 5.41) is 9.48. The highest BCUT2D eigenvalue weighted by Crippen LogP contribution is 2.18. The number of pyridine rings is 1. The second-order valence-corrected chi connectivity index (χ2v) is 3.09. The lowest BCUT2D eigenvalue weighted by molar-refractivity contribution is 0.262. The highest BCUT2D eigenvalue weighted by atomic mass is 35.5. The van der Waals surface area contributed by atoms with E-state index in [2.05, 4.69) is 4.98 Å². The summed E-state index contributed by atoms with van der Waals surface area (Å²) in [7, 11) is 0. The van der Waals surface area contributed by atoms with Crippen LogP contribution in [0.4, 0.5) is 0 Å². The van der Waals surface area contributed by atoms with E-state index in [-0.39, 0.29) is 12.5 Å². The molecule has 1 rings (SSSR count). The van der Waals surface area contributed by atoms with E-state index in [0.717, 1.165) is 12.0 Å². The average molecular weight is 186 g/mol. The standard InChI is InChI=1S/C9H12ClNO/c1-2-7(6-12)8-3-4-9(10)11-5-8/h3-5,7,12H,2,6H2,1H3. The molecule has 1 aromatic heterocycles. The molecule has 0 amide bonds. The number of aliphatic hydroxyl groups excluding tert-OH is 1. The molecular formula is C9H12ClNO. The first-order valence-electron chi connectivity index (χ1n) is 4.00. The predicted molar refractivity (Wildman–Crippen MR) is 49.4 cm³/mol. The number of halogens is 1. The minimum Gasteiger partial charge on any atom is -0.396 e. The van der Waals surface area contributed by atoms with Gasteiger partial charge in [-0.05, 0) is 18.1 Å². The molecule has 0 radical (unpaired) electrons. The van der Waals surface area contributed by atoms with Gasteiger partial charge >= 0.3 is 0 Å². The molecule has 0 aliphatic rings. The quantitative estimate of drug-likeness (QED) is 0.733. The van der Waals surface area contributed by atoms with Gasteiger partial charge < -0.3 is 5.11 Å². The summed E-state index contributed by atoms with van der Waals surface area (Å²) in [6, 6.07) is 3.65. The van der Waals surface area contributed by atoms with E-state index in [1.807, 2.05) is 13.0 Å². The van der Waals surface area contributed by atoms with Crippen molar-refractivity contribution in [3.8, 4) is 0 Å². The summed E-state index contributed by atoms with van der Waals surface area (Å²) in [5.41, 5.74) is 1.05. The molecule has 0 fully saturated rings. The first-order valence-corrected chi connectivity index (χ1v) is 4.38. The van der Waals surface area contributed by atoms with Gasteiger partial charge in [-0.2, -0.15) is 0 Å². The monoisotopic (exact) mass is 185 g/mol. The summed E-state index contributed by atoms with van der Waals surface area (Å²) in [6.07, 6.45) is 2.63. The van der Waals surface area contributed by atoms with Gasteiger partial charge in [-0.3, -0.25) is 0 Å². The van der Waals surface area contributed by atoms with E-state index in [4.69, 9.17) is 16.7 Å². The second-order valence-electron chi connectivity index (χ2n) is 2.70. The van der Waals surface area contributed by atoms with Gasteiger partial charge in [-0.15, -0.1) is 0 Å². The Morgan fingerprint density at radius 2 is 2.33 bits per heavy atom. The Hall–Kier alpha value is -0.600. The Bertz CT molecular complexity index is 231. The van der Waals surface area contributed by atoms with Gasteiger partial charge in [0.2, 0.25) is 0 Å². The molecule has 0 saturated carbocycles. The Morgan fingerprint density at radius 3 is 2.75 bits per heavy atom. The molecule has 0 aliphatic carbocycles. The molecule has 2 nitrogen and oxygen atoms in total. The molecule has 1 N–H and O–H groups in total. The molecular weight excluding hydrogens is 174 g/mol. The molecule has 0 spiro atoms. The lowest BCUT2D eigenvalue weighted by Gasteiger charge is -2.10. The van der Waals surface area contributed by atoms with E-state index in [0.29, 0.717) is 5.15 Å². The van der Waals surface area contributed by atoms with Crippen molar-refractivity contribution in [3.63, 3.8) is 0 Å². The average Bonchev–Trinajstić information content (AvgIpc) is 2.10. The van der Waals surface area contributed by atoms with Crippen LogP contribution in [0.3, 0.4) is 0 Å². The summed E-state index contributed by atoms with van der Waals surface area (Å²) in [4.78, 5) is 3.95. The summed E-state index contributed by atoms with van der Waals surface area (Å²) in [6.45, 7) is 2.20. The van der Waals surface area contributed by atoms with Crippen molar-refractivity contribution >= 4 is 11.6 Å². The fourth-order valence-electron chi connectivity index (χ4n) is 1.10. The number of nitrogens with zero attached hydrogens (tertiary/aromatic N) is 1. The topological polar surface area (TPSA) is 33.1 Å². The Kier molecular flexibility index (Phi) is 3.50. The molecule has 1 heterocycles. The zero-order valence-corrected chi connectivity index (χ0v) is 7.75. The van der Waals surface area contributed by atoms with Crippen LogP contribution < -0.4 is 0 Å². The van der Waals surface area contributed by atoms with E-state index in [9.17, 15) is 0 Å². The molecule has 3 heteroatoms. The van der Waals surface area contributed by atoms with Crippen molar-refractivity contribution in [1.82, 2.24) is 4.98 Å². The Balaban J connectivity index is 2.80. The third kappa shape index (κ3) is 2.19. The number of rotatable bonds is 3. The number of aromatic nitrogens is 1. The van der Waals surface area contributed by atoms with Crippen LogP contribution in [-0.2, 0) is 0 Å². The summed E-state index contributed by atoms with van der Waals surface area (Å²) >= 11 is 5.63. The van der Waals surface area contributed by atoms with Crippen molar-refractivity contribution in [1.29, 1.82) is 0 Å². The summed E-state index contributed by atoms with van der Waals surface area (Å²) in [5.74, 6) is 0.190. The first-order chi connectivity index (χ1) is 5.77. The zero-order chi connectivity index (χ0) is 8.97. The van der Waals surface area contributed by atoms with Gasteiger partial charge in [-0.1, -0.05) is 24.6 Å². The Morgan fingerprint density at radius 1 is 1.58 bits per heavy atom. The largest absolute Gasteiger partial charge is 0.396 e. The maximum absolute atomic E-state index is 8.99. The maximum Gasteiger partial charge on any atom is 0.129 e. The molecule has 1 unspecified atom stereocenters. The predicted octanol–water partition coefficient (Wildman–Crippen LogP) is 2.22. The van der Waals surface area contributed by atoms with Crippen molar-refractivity contribution in [2.24, 2.45) is 0 Å². The molecule has 1 aromatic rings. The van der Waals surface area contributed by atoms with Gasteiger partial charge in [-0.25, -0.2) is 4.98 Å². The normalized spacial score (nSPS) is 12.9. The van der Waals surface area contributed by atoms with E-state index in [1.54, 1.807) is 12.3 Å². The lowest BCUT2D eigenvalue weighted by Crippen LogP contribution is -2.02. The van der Waals surface area contributed by atoms with Crippen molar-refractivity contribution in [2.75, 3.05) is 6.61 Å². The van der Waals surface area contributed by atoms with E-state index in [1.165, 1.54) is 0 Å². The van der Waals surface area contributed by atoms with Crippen molar-refractivity contribution in [3.05, 3.63) is 29.0 Å². The molecule has 12 heavy (non-hydrogen) atoms. The first kappa shape index (κ1) is 9.49. The fraction of sp³-hybridized carbons (Fsp3) is 0.444. The van der Waals surface area contributed by atoms with Gasteiger partial charge in [0.1, 0.15) is 5.15 Å². The van der Waals surface area contributed by atoms with Gasteiger partial charge in [0, 0.05) is 18.7 Å². The van der Waals surface area contributed by atoms with Crippen LogP contribution in [0.25, 0.3) is 0 Å². The van der Waals surface area contributed by atoms with Crippen LogP contribution in [0.2, 0.25) is 5.15 Å². The minimum absolute atomic E-state index is 0.166. The SMILES string of the molecule is CCC(CO)c1ccc(Cl)nc1. The maximum atomic E-state index is 8.99. The highest BCUT2D eigenvalue weighted by molar-refractivity contribution is 6.29. The third-order valence-electron chi connectivity index (χ3n) is 1.93. The minimum atomic E-state index is 0.166. The third-order valence-corrected chi connectivity index (χ3v) is 2.16. The van der Waals surface area contributed by atoms with Crippen LogP contribution in [0, 0.1) is 0 Å². The highest BCUT2D eigenvalue weighted by Gasteiger charge is 2.07. The lowest BCUT2D eigenvalue weighted by atomic mass is 10.00. The summed E-state index contributed by atoms with van der Waals surface area (Å²) < 4.78 is 0. The number of aliphatic hydroxyl groups is 1. The number of hydrogen-bond donors (Lipinski definition) is 1. The molecule has 1 atom stereocenters. The number of hydrogen-bond acceptors (Lipinski definition) is 2. The molecule has 0 bridgehead atoms.